The Labute approximate surface area is 139 Å². The van der Waals surface area contributed by atoms with Crippen molar-refractivity contribution in [3.63, 3.8) is 0 Å². The van der Waals surface area contributed by atoms with Gasteiger partial charge in [-0.2, -0.15) is 0 Å². The number of fused-ring (bicyclic) bond motifs is 1. The van der Waals surface area contributed by atoms with Crippen LogP contribution in [0.25, 0.3) is 0 Å². The summed E-state index contributed by atoms with van der Waals surface area (Å²) in [5.41, 5.74) is 2.45. The van der Waals surface area contributed by atoms with Crippen LogP contribution in [-0.2, 0) is 11.2 Å². The van der Waals surface area contributed by atoms with Crippen molar-refractivity contribution < 1.29 is 14.7 Å². The number of carbonyl (C=O) groups is 2. The van der Waals surface area contributed by atoms with Gasteiger partial charge in [0.15, 0.2) is 5.78 Å². The number of benzene rings is 1. The molecule has 3 rings (SSSR count). The fourth-order valence-corrected chi connectivity index (χ4v) is 4.39. The van der Waals surface area contributed by atoms with Gasteiger partial charge in [-0.1, -0.05) is 41.6 Å². The molecule has 0 spiro atoms. The molecule has 0 amide bonds. The Bertz CT molecular complexity index is 603. The van der Waals surface area contributed by atoms with Crippen LogP contribution in [0, 0.1) is 5.92 Å². The van der Waals surface area contributed by atoms with E-state index in [0.29, 0.717) is 24.0 Å². The van der Waals surface area contributed by atoms with Crippen molar-refractivity contribution in [2.75, 3.05) is 0 Å². The SMILES string of the molecule is O=C1CCC(C(=O)O)c2cc(Br)c(CCC3CCCC3)cc21. The smallest absolute Gasteiger partial charge is 0.311 e. The van der Waals surface area contributed by atoms with E-state index in [4.69, 9.17) is 0 Å². The third kappa shape index (κ3) is 3.12. The molecule has 2 aliphatic carbocycles. The zero-order chi connectivity index (χ0) is 15.7. The number of carbonyl (C=O) groups excluding carboxylic acids is 1. The van der Waals surface area contributed by atoms with Crippen LogP contribution in [0.2, 0.25) is 0 Å². The number of rotatable bonds is 4. The Morgan fingerprint density at radius 1 is 1.23 bits per heavy atom. The van der Waals surface area contributed by atoms with E-state index in [0.717, 1.165) is 28.8 Å². The van der Waals surface area contributed by atoms with E-state index < -0.39 is 11.9 Å². The summed E-state index contributed by atoms with van der Waals surface area (Å²) in [6.07, 6.45) is 8.20. The summed E-state index contributed by atoms with van der Waals surface area (Å²) in [5, 5.41) is 9.35. The number of Topliss-reactive ketones (excluding diaryl/α,β-unsaturated/α-hetero) is 1. The molecule has 0 aliphatic heterocycles. The Kier molecular flexibility index (Phi) is 4.67. The maximum atomic E-state index is 12.2. The van der Waals surface area contributed by atoms with Crippen LogP contribution < -0.4 is 0 Å². The van der Waals surface area contributed by atoms with Gasteiger partial charge in [0, 0.05) is 16.5 Å². The minimum absolute atomic E-state index is 0.0853. The molecule has 22 heavy (non-hydrogen) atoms. The van der Waals surface area contributed by atoms with Crippen LogP contribution in [-0.4, -0.2) is 16.9 Å². The van der Waals surface area contributed by atoms with E-state index >= 15 is 0 Å². The highest BCUT2D eigenvalue weighted by atomic mass is 79.9. The van der Waals surface area contributed by atoms with Gasteiger partial charge in [-0.15, -0.1) is 0 Å². The van der Waals surface area contributed by atoms with E-state index in [-0.39, 0.29) is 5.78 Å². The molecule has 1 aromatic carbocycles. The second kappa shape index (κ2) is 6.53. The third-order valence-electron chi connectivity index (χ3n) is 5.15. The standard InChI is InChI=1S/C18H21BrO3/c19-16-10-14-13(18(21)22)7-8-17(20)15(14)9-12(16)6-5-11-3-1-2-4-11/h9-11,13H,1-8H2,(H,21,22). The molecule has 1 atom stereocenters. The first kappa shape index (κ1) is 15.7. The van der Waals surface area contributed by atoms with Crippen molar-refractivity contribution >= 4 is 27.7 Å². The molecule has 1 N–H and O–H groups in total. The van der Waals surface area contributed by atoms with E-state index in [1.54, 1.807) is 0 Å². The predicted octanol–water partition coefficient (Wildman–Crippen LogP) is 4.72. The molecule has 3 nitrogen and oxygen atoms in total. The lowest BCUT2D eigenvalue weighted by Gasteiger charge is -2.23. The van der Waals surface area contributed by atoms with E-state index in [2.05, 4.69) is 15.9 Å². The minimum Gasteiger partial charge on any atom is -0.481 e. The number of carboxylic acids is 1. The summed E-state index contributed by atoms with van der Waals surface area (Å²) >= 11 is 3.58. The number of carboxylic acid groups (broad SMARTS) is 1. The molecule has 0 heterocycles. The summed E-state index contributed by atoms with van der Waals surface area (Å²) in [6, 6.07) is 3.81. The molecule has 1 saturated carbocycles. The first-order valence-corrected chi connectivity index (χ1v) is 8.94. The van der Waals surface area contributed by atoms with Crippen LogP contribution in [0.1, 0.15) is 72.3 Å². The van der Waals surface area contributed by atoms with Crippen LogP contribution >= 0.6 is 15.9 Å². The first-order valence-electron chi connectivity index (χ1n) is 8.14. The van der Waals surface area contributed by atoms with E-state index in [1.807, 2.05) is 12.1 Å². The third-order valence-corrected chi connectivity index (χ3v) is 5.89. The van der Waals surface area contributed by atoms with E-state index in [9.17, 15) is 14.7 Å². The minimum atomic E-state index is -0.834. The maximum Gasteiger partial charge on any atom is 0.311 e. The van der Waals surface area contributed by atoms with Crippen molar-refractivity contribution in [3.05, 3.63) is 33.3 Å². The number of hydrogen-bond acceptors (Lipinski definition) is 2. The van der Waals surface area contributed by atoms with Gasteiger partial charge in [0.25, 0.3) is 0 Å². The Morgan fingerprint density at radius 3 is 2.64 bits per heavy atom. The molecule has 0 saturated heterocycles. The number of aryl methyl sites for hydroxylation is 1. The van der Waals surface area contributed by atoms with Gasteiger partial charge in [0.2, 0.25) is 0 Å². The van der Waals surface area contributed by atoms with Gasteiger partial charge in [-0.05, 0) is 48.4 Å². The second-order valence-corrected chi connectivity index (χ2v) is 7.43. The van der Waals surface area contributed by atoms with E-state index in [1.165, 1.54) is 25.7 Å². The zero-order valence-corrected chi connectivity index (χ0v) is 14.2. The molecule has 0 radical (unpaired) electrons. The van der Waals surface area contributed by atoms with Gasteiger partial charge in [0.1, 0.15) is 0 Å². The molecule has 0 aromatic heterocycles. The van der Waals surface area contributed by atoms with Crippen molar-refractivity contribution in [3.8, 4) is 0 Å². The maximum absolute atomic E-state index is 12.2. The average Bonchev–Trinajstić information content (AvgIpc) is 2.98. The molecule has 1 aromatic rings. The number of hydrogen-bond donors (Lipinski definition) is 1. The summed E-state index contributed by atoms with van der Waals surface area (Å²) in [7, 11) is 0. The van der Waals surface area contributed by atoms with Crippen molar-refractivity contribution in [1.29, 1.82) is 0 Å². The normalized spacial score (nSPS) is 21.9. The van der Waals surface area contributed by atoms with Gasteiger partial charge in [-0.3, -0.25) is 9.59 Å². The predicted molar refractivity (Wildman–Crippen MR) is 88.4 cm³/mol. The monoisotopic (exact) mass is 364 g/mol. The highest BCUT2D eigenvalue weighted by Crippen LogP contribution is 2.37. The van der Waals surface area contributed by atoms with Gasteiger partial charge < -0.3 is 5.11 Å². The molecule has 1 unspecified atom stereocenters. The highest BCUT2D eigenvalue weighted by molar-refractivity contribution is 9.10. The zero-order valence-electron chi connectivity index (χ0n) is 12.6. The number of halogens is 1. The van der Waals surface area contributed by atoms with Crippen LogP contribution in [0.15, 0.2) is 16.6 Å². The van der Waals surface area contributed by atoms with Gasteiger partial charge in [0.05, 0.1) is 5.92 Å². The molecular weight excluding hydrogens is 344 g/mol. The average molecular weight is 365 g/mol. The molecular formula is C18H21BrO3. The van der Waals surface area contributed by atoms with Crippen LogP contribution in [0.4, 0.5) is 0 Å². The van der Waals surface area contributed by atoms with Gasteiger partial charge >= 0.3 is 5.97 Å². The highest BCUT2D eigenvalue weighted by Gasteiger charge is 2.31. The van der Waals surface area contributed by atoms with Crippen LogP contribution in [0.5, 0.6) is 0 Å². The molecule has 0 bridgehead atoms. The lowest BCUT2D eigenvalue weighted by molar-refractivity contribution is -0.139. The fourth-order valence-electron chi connectivity index (χ4n) is 3.84. The van der Waals surface area contributed by atoms with Crippen molar-refractivity contribution in [2.24, 2.45) is 5.92 Å². The largest absolute Gasteiger partial charge is 0.481 e. The first-order chi connectivity index (χ1) is 10.6. The summed E-state index contributed by atoms with van der Waals surface area (Å²) in [6.45, 7) is 0. The van der Waals surface area contributed by atoms with Crippen molar-refractivity contribution in [1.82, 2.24) is 0 Å². The van der Waals surface area contributed by atoms with Gasteiger partial charge in [-0.25, -0.2) is 0 Å². The quantitative estimate of drug-likeness (QED) is 0.840. The molecule has 4 heteroatoms. The second-order valence-electron chi connectivity index (χ2n) is 6.57. The summed E-state index contributed by atoms with van der Waals surface area (Å²) < 4.78 is 0.949. The van der Waals surface area contributed by atoms with Crippen molar-refractivity contribution in [2.45, 2.75) is 57.3 Å². The Balaban J connectivity index is 1.85. The van der Waals surface area contributed by atoms with Crippen LogP contribution in [0.3, 0.4) is 0 Å². The fraction of sp³-hybridized carbons (Fsp3) is 0.556. The number of aliphatic carboxylic acids is 1. The lowest BCUT2D eigenvalue weighted by atomic mass is 9.81. The molecule has 2 aliphatic rings. The molecule has 1 fully saturated rings. The Morgan fingerprint density at radius 2 is 1.95 bits per heavy atom. The summed E-state index contributed by atoms with van der Waals surface area (Å²) in [5.74, 6) is -0.486. The molecule has 118 valence electrons. The Hall–Kier alpha value is -1.16. The topological polar surface area (TPSA) is 54.4 Å². The summed E-state index contributed by atoms with van der Waals surface area (Å²) in [4.78, 5) is 23.6. The lowest BCUT2D eigenvalue weighted by Crippen LogP contribution is -2.22. The number of ketones is 1.